The highest BCUT2D eigenvalue weighted by Gasteiger charge is 2.23. The normalized spacial score (nSPS) is 17.8. The summed E-state index contributed by atoms with van der Waals surface area (Å²) in [5.41, 5.74) is 0. The Morgan fingerprint density at radius 3 is 2.33 bits per heavy atom. The molecule has 0 aromatic carbocycles. The molecule has 0 saturated heterocycles. The van der Waals surface area contributed by atoms with Crippen molar-refractivity contribution in [3.8, 4) is 0 Å². The van der Waals surface area contributed by atoms with Gasteiger partial charge >= 0.3 is 0 Å². The van der Waals surface area contributed by atoms with Crippen LogP contribution in [0.1, 0.15) is 12.8 Å². The second kappa shape index (κ2) is 4.80. The molecule has 0 heterocycles. The topological polar surface area (TPSA) is 21.7 Å². The van der Waals surface area contributed by atoms with E-state index in [1.807, 2.05) is 0 Å². The summed E-state index contributed by atoms with van der Waals surface area (Å²) in [6, 6.07) is 0. The van der Waals surface area contributed by atoms with Crippen LogP contribution in [-0.2, 0) is 9.47 Å². The van der Waals surface area contributed by atoms with Gasteiger partial charge in [0.05, 0.1) is 0 Å². The molecular formula is C9H19NO2. The first-order valence-corrected chi connectivity index (χ1v) is 4.50. The molecule has 1 aliphatic carbocycles. The van der Waals surface area contributed by atoms with E-state index in [0.29, 0.717) is 0 Å². The third-order valence-electron chi connectivity index (χ3n) is 2.25. The fraction of sp³-hybridized carbons (Fsp3) is 1.00. The largest absolute Gasteiger partial charge is 0.355 e. The number of nitrogens with zero attached hydrogens (tertiary/aromatic N) is 1. The Labute approximate surface area is 74.6 Å². The molecule has 0 aromatic rings. The van der Waals surface area contributed by atoms with Crippen molar-refractivity contribution in [1.29, 1.82) is 0 Å². The van der Waals surface area contributed by atoms with Gasteiger partial charge in [0.15, 0.2) is 6.29 Å². The van der Waals surface area contributed by atoms with Gasteiger partial charge in [-0.25, -0.2) is 0 Å². The van der Waals surface area contributed by atoms with Gasteiger partial charge in [-0.05, 0) is 25.8 Å². The predicted molar refractivity (Wildman–Crippen MR) is 48.0 cm³/mol. The van der Waals surface area contributed by atoms with Gasteiger partial charge in [-0.15, -0.1) is 0 Å². The van der Waals surface area contributed by atoms with Crippen LogP contribution in [-0.4, -0.2) is 45.5 Å². The summed E-state index contributed by atoms with van der Waals surface area (Å²) < 4.78 is 10.2. The van der Waals surface area contributed by atoms with Gasteiger partial charge < -0.3 is 14.4 Å². The van der Waals surface area contributed by atoms with Gasteiger partial charge in [0.2, 0.25) is 0 Å². The molecule has 12 heavy (non-hydrogen) atoms. The minimum absolute atomic E-state index is 0.0752. The second-order valence-electron chi connectivity index (χ2n) is 3.57. The summed E-state index contributed by atoms with van der Waals surface area (Å²) in [6.45, 7) is 2.05. The first kappa shape index (κ1) is 9.96. The lowest BCUT2D eigenvalue weighted by molar-refractivity contribution is -0.114. The van der Waals surface area contributed by atoms with E-state index < -0.39 is 0 Å². The molecule has 1 aliphatic rings. The van der Waals surface area contributed by atoms with Gasteiger partial charge in [-0.2, -0.15) is 0 Å². The van der Waals surface area contributed by atoms with Crippen molar-refractivity contribution in [2.45, 2.75) is 19.1 Å². The second-order valence-corrected chi connectivity index (χ2v) is 3.57. The molecule has 1 rings (SSSR count). The van der Waals surface area contributed by atoms with Crippen LogP contribution in [0.15, 0.2) is 0 Å². The van der Waals surface area contributed by atoms with E-state index in [9.17, 15) is 0 Å². The average Bonchev–Trinajstić information content (AvgIpc) is 2.84. The van der Waals surface area contributed by atoms with Crippen molar-refractivity contribution >= 4 is 0 Å². The quantitative estimate of drug-likeness (QED) is 0.558. The molecule has 3 nitrogen and oxygen atoms in total. The summed E-state index contributed by atoms with van der Waals surface area (Å²) in [7, 11) is 5.47. The minimum atomic E-state index is -0.0752. The third-order valence-corrected chi connectivity index (χ3v) is 2.25. The van der Waals surface area contributed by atoms with E-state index in [-0.39, 0.29) is 6.29 Å². The fourth-order valence-electron chi connectivity index (χ4n) is 1.32. The Morgan fingerprint density at radius 2 is 1.92 bits per heavy atom. The molecule has 1 saturated carbocycles. The number of hydrogen-bond acceptors (Lipinski definition) is 3. The van der Waals surface area contributed by atoms with E-state index in [1.54, 1.807) is 14.2 Å². The third kappa shape index (κ3) is 3.52. The van der Waals surface area contributed by atoms with Gasteiger partial charge in [-0.1, -0.05) is 0 Å². The van der Waals surface area contributed by atoms with E-state index in [2.05, 4.69) is 11.9 Å². The highest BCUT2D eigenvalue weighted by atomic mass is 16.7. The molecule has 0 amide bonds. The van der Waals surface area contributed by atoms with E-state index in [4.69, 9.17) is 9.47 Å². The van der Waals surface area contributed by atoms with Crippen LogP contribution in [0.4, 0.5) is 0 Å². The lowest BCUT2D eigenvalue weighted by atomic mass is 10.4. The van der Waals surface area contributed by atoms with Crippen LogP contribution in [0.25, 0.3) is 0 Å². The Morgan fingerprint density at radius 1 is 1.33 bits per heavy atom. The molecule has 0 radical (unpaired) electrons. The number of hydrogen-bond donors (Lipinski definition) is 0. The maximum Gasteiger partial charge on any atom is 0.169 e. The highest BCUT2D eigenvalue weighted by molar-refractivity contribution is 4.76. The van der Waals surface area contributed by atoms with Crippen LogP contribution >= 0.6 is 0 Å². The molecule has 0 atom stereocenters. The summed E-state index contributed by atoms with van der Waals surface area (Å²) in [4.78, 5) is 2.27. The summed E-state index contributed by atoms with van der Waals surface area (Å²) in [5, 5.41) is 0. The molecule has 0 bridgehead atoms. The molecule has 0 spiro atoms. The van der Waals surface area contributed by atoms with Crippen LogP contribution in [0, 0.1) is 5.92 Å². The molecule has 3 heteroatoms. The molecule has 0 aliphatic heterocycles. The van der Waals surface area contributed by atoms with Crippen molar-refractivity contribution < 1.29 is 9.47 Å². The highest BCUT2D eigenvalue weighted by Crippen LogP contribution is 2.29. The monoisotopic (exact) mass is 173 g/mol. The van der Waals surface area contributed by atoms with Crippen molar-refractivity contribution in [2.24, 2.45) is 5.92 Å². The zero-order valence-electron chi connectivity index (χ0n) is 8.25. The SMILES string of the molecule is COC(CN(C)CC1CC1)OC. The van der Waals surface area contributed by atoms with Gasteiger partial charge in [0, 0.05) is 27.3 Å². The van der Waals surface area contributed by atoms with Gasteiger partial charge in [0.25, 0.3) is 0 Å². The Hall–Kier alpha value is -0.120. The van der Waals surface area contributed by atoms with Crippen molar-refractivity contribution in [3.05, 3.63) is 0 Å². The smallest absolute Gasteiger partial charge is 0.169 e. The van der Waals surface area contributed by atoms with E-state index >= 15 is 0 Å². The molecule has 0 aromatic heterocycles. The number of ether oxygens (including phenoxy) is 2. The average molecular weight is 173 g/mol. The van der Waals surface area contributed by atoms with Gasteiger partial charge in [-0.3, -0.25) is 0 Å². The standard InChI is InChI=1S/C9H19NO2/c1-10(6-8-4-5-8)7-9(11-2)12-3/h8-9H,4-7H2,1-3H3. The molecule has 0 unspecified atom stereocenters. The zero-order valence-corrected chi connectivity index (χ0v) is 8.25. The maximum absolute atomic E-state index is 5.11. The Bertz CT molecular complexity index is 122. The Balaban J connectivity index is 2.09. The van der Waals surface area contributed by atoms with E-state index in [0.717, 1.165) is 12.5 Å². The van der Waals surface area contributed by atoms with Crippen LogP contribution in [0.5, 0.6) is 0 Å². The number of likely N-dealkylation sites (N-methyl/N-ethyl adjacent to an activating group) is 1. The first-order chi connectivity index (χ1) is 5.76. The molecular weight excluding hydrogens is 154 g/mol. The zero-order chi connectivity index (χ0) is 8.97. The molecule has 72 valence electrons. The van der Waals surface area contributed by atoms with Crippen LogP contribution in [0.2, 0.25) is 0 Å². The number of rotatable bonds is 6. The lowest BCUT2D eigenvalue weighted by Gasteiger charge is -2.21. The van der Waals surface area contributed by atoms with E-state index in [1.165, 1.54) is 19.4 Å². The molecule has 1 fully saturated rings. The van der Waals surface area contributed by atoms with Crippen molar-refractivity contribution in [2.75, 3.05) is 34.4 Å². The van der Waals surface area contributed by atoms with Crippen molar-refractivity contribution in [3.63, 3.8) is 0 Å². The van der Waals surface area contributed by atoms with Crippen LogP contribution in [0.3, 0.4) is 0 Å². The summed E-state index contributed by atoms with van der Waals surface area (Å²) in [6.07, 6.45) is 2.72. The number of methoxy groups -OCH3 is 2. The summed E-state index contributed by atoms with van der Waals surface area (Å²) >= 11 is 0. The lowest BCUT2D eigenvalue weighted by Crippen LogP contribution is -2.32. The predicted octanol–water partition coefficient (Wildman–Crippen LogP) is 0.947. The molecule has 0 N–H and O–H groups in total. The van der Waals surface area contributed by atoms with Crippen LogP contribution < -0.4 is 0 Å². The summed E-state index contributed by atoms with van der Waals surface area (Å²) in [5.74, 6) is 0.935. The van der Waals surface area contributed by atoms with Crippen molar-refractivity contribution in [1.82, 2.24) is 4.90 Å². The first-order valence-electron chi connectivity index (χ1n) is 4.50. The van der Waals surface area contributed by atoms with Gasteiger partial charge in [0.1, 0.15) is 0 Å². The fourth-order valence-corrected chi connectivity index (χ4v) is 1.32. The minimum Gasteiger partial charge on any atom is -0.355 e. The maximum atomic E-state index is 5.11. The Kier molecular flexibility index (Phi) is 3.98.